The standard InChI is InChI=1S/C12H16BrN3O/c1-2-16-11-4-3-8(13)7-10(11)15-12(16)9(14)5-6-17/h3-4,7,9,17H,2,5-6,14H2,1H3. The molecule has 5 heteroatoms. The number of aliphatic hydroxyl groups excluding tert-OH is 1. The molecule has 0 spiro atoms. The summed E-state index contributed by atoms with van der Waals surface area (Å²) in [4.78, 5) is 4.56. The van der Waals surface area contributed by atoms with Crippen molar-refractivity contribution >= 4 is 27.0 Å². The van der Waals surface area contributed by atoms with Crippen molar-refractivity contribution in [2.45, 2.75) is 25.9 Å². The van der Waals surface area contributed by atoms with E-state index in [2.05, 4.69) is 32.4 Å². The molecule has 0 saturated carbocycles. The number of imidazole rings is 1. The smallest absolute Gasteiger partial charge is 0.126 e. The number of halogens is 1. The number of aromatic nitrogens is 2. The van der Waals surface area contributed by atoms with Crippen molar-refractivity contribution < 1.29 is 5.11 Å². The second-order valence-corrected chi connectivity index (χ2v) is 4.88. The molecule has 2 aromatic rings. The lowest BCUT2D eigenvalue weighted by atomic mass is 10.2. The first-order valence-electron chi connectivity index (χ1n) is 5.69. The molecule has 1 aromatic heterocycles. The average Bonchev–Trinajstić information content (AvgIpc) is 2.66. The van der Waals surface area contributed by atoms with E-state index in [1.54, 1.807) is 0 Å². The lowest BCUT2D eigenvalue weighted by Gasteiger charge is -2.11. The van der Waals surface area contributed by atoms with Gasteiger partial charge in [-0.2, -0.15) is 0 Å². The maximum absolute atomic E-state index is 8.96. The zero-order valence-electron chi connectivity index (χ0n) is 9.73. The first kappa shape index (κ1) is 12.5. The van der Waals surface area contributed by atoms with Crippen molar-refractivity contribution in [2.75, 3.05) is 6.61 Å². The van der Waals surface area contributed by atoms with Crippen molar-refractivity contribution in [3.63, 3.8) is 0 Å². The van der Waals surface area contributed by atoms with Gasteiger partial charge in [-0.25, -0.2) is 4.98 Å². The highest BCUT2D eigenvalue weighted by Gasteiger charge is 2.15. The molecule has 1 aromatic carbocycles. The quantitative estimate of drug-likeness (QED) is 0.909. The predicted molar refractivity (Wildman–Crippen MR) is 71.7 cm³/mol. The maximum atomic E-state index is 8.96. The molecule has 0 aliphatic heterocycles. The molecule has 17 heavy (non-hydrogen) atoms. The van der Waals surface area contributed by atoms with E-state index in [0.717, 1.165) is 27.9 Å². The summed E-state index contributed by atoms with van der Waals surface area (Å²) in [5.41, 5.74) is 8.05. The van der Waals surface area contributed by atoms with Crippen LogP contribution in [0.15, 0.2) is 22.7 Å². The highest BCUT2D eigenvalue weighted by molar-refractivity contribution is 9.10. The number of aliphatic hydroxyl groups is 1. The van der Waals surface area contributed by atoms with E-state index < -0.39 is 0 Å². The Morgan fingerprint density at radius 2 is 2.29 bits per heavy atom. The number of hydrogen-bond acceptors (Lipinski definition) is 3. The van der Waals surface area contributed by atoms with E-state index in [1.807, 2.05) is 18.2 Å². The SMILES string of the molecule is CCn1c(C(N)CCO)nc2cc(Br)ccc21. The van der Waals surface area contributed by atoms with Crippen molar-refractivity contribution in [1.29, 1.82) is 0 Å². The topological polar surface area (TPSA) is 64.1 Å². The second kappa shape index (κ2) is 5.16. The van der Waals surface area contributed by atoms with Crippen LogP contribution >= 0.6 is 15.9 Å². The largest absolute Gasteiger partial charge is 0.396 e. The fourth-order valence-corrected chi connectivity index (χ4v) is 2.35. The number of fused-ring (bicyclic) bond motifs is 1. The molecule has 0 aliphatic rings. The average molecular weight is 298 g/mol. The van der Waals surface area contributed by atoms with Gasteiger partial charge in [-0.15, -0.1) is 0 Å². The molecule has 1 heterocycles. The van der Waals surface area contributed by atoms with Gasteiger partial charge in [0.15, 0.2) is 0 Å². The second-order valence-electron chi connectivity index (χ2n) is 3.97. The Morgan fingerprint density at radius 3 is 2.94 bits per heavy atom. The zero-order valence-corrected chi connectivity index (χ0v) is 11.3. The van der Waals surface area contributed by atoms with Gasteiger partial charge in [0.1, 0.15) is 5.82 Å². The summed E-state index contributed by atoms with van der Waals surface area (Å²) < 4.78 is 3.11. The fraction of sp³-hybridized carbons (Fsp3) is 0.417. The van der Waals surface area contributed by atoms with Crippen LogP contribution in [-0.4, -0.2) is 21.3 Å². The third-order valence-electron chi connectivity index (χ3n) is 2.83. The monoisotopic (exact) mass is 297 g/mol. The lowest BCUT2D eigenvalue weighted by molar-refractivity contribution is 0.273. The van der Waals surface area contributed by atoms with Crippen molar-refractivity contribution in [2.24, 2.45) is 5.73 Å². The Bertz CT molecular complexity index is 524. The van der Waals surface area contributed by atoms with Crippen LogP contribution in [0, 0.1) is 0 Å². The van der Waals surface area contributed by atoms with Crippen LogP contribution in [0.2, 0.25) is 0 Å². The molecule has 0 saturated heterocycles. The zero-order chi connectivity index (χ0) is 12.4. The van der Waals surface area contributed by atoms with Crippen LogP contribution < -0.4 is 5.73 Å². The minimum absolute atomic E-state index is 0.0811. The van der Waals surface area contributed by atoms with E-state index in [1.165, 1.54) is 0 Å². The number of benzene rings is 1. The number of nitrogens with two attached hydrogens (primary N) is 1. The minimum Gasteiger partial charge on any atom is -0.396 e. The molecule has 92 valence electrons. The fourth-order valence-electron chi connectivity index (χ4n) is 2.01. The molecule has 2 rings (SSSR count). The number of aryl methyl sites for hydroxylation is 1. The molecule has 0 bridgehead atoms. The van der Waals surface area contributed by atoms with Crippen LogP contribution in [0.3, 0.4) is 0 Å². The van der Waals surface area contributed by atoms with Crippen LogP contribution in [0.1, 0.15) is 25.2 Å². The van der Waals surface area contributed by atoms with Gasteiger partial charge < -0.3 is 15.4 Å². The van der Waals surface area contributed by atoms with Crippen LogP contribution in [0.4, 0.5) is 0 Å². The molecular weight excluding hydrogens is 282 g/mol. The summed E-state index contributed by atoms with van der Waals surface area (Å²) >= 11 is 3.44. The van der Waals surface area contributed by atoms with Gasteiger partial charge in [-0.3, -0.25) is 0 Å². The molecule has 1 atom stereocenters. The molecule has 4 nitrogen and oxygen atoms in total. The Labute approximate surface area is 109 Å². The maximum Gasteiger partial charge on any atom is 0.126 e. The van der Waals surface area contributed by atoms with Crippen LogP contribution in [0.25, 0.3) is 11.0 Å². The minimum atomic E-state index is -0.217. The van der Waals surface area contributed by atoms with E-state index in [0.29, 0.717) is 6.42 Å². The summed E-state index contributed by atoms with van der Waals surface area (Å²) in [6, 6.07) is 5.80. The Kier molecular flexibility index (Phi) is 3.81. The van der Waals surface area contributed by atoms with Gasteiger partial charge in [-0.1, -0.05) is 15.9 Å². The molecule has 0 aliphatic carbocycles. The van der Waals surface area contributed by atoms with Gasteiger partial charge in [0, 0.05) is 17.6 Å². The number of hydrogen-bond donors (Lipinski definition) is 2. The Balaban J connectivity index is 2.55. The predicted octanol–water partition coefficient (Wildman–Crippen LogP) is 2.20. The number of nitrogens with zero attached hydrogens (tertiary/aromatic N) is 2. The van der Waals surface area contributed by atoms with Crippen molar-refractivity contribution in [1.82, 2.24) is 9.55 Å². The van der Waals surface area contributed by atoms with E-state index in [-0.39, 0.29) is 12.6 Å². The summed E-state index contributed by atoms with van der Waals surface area (Å²) in [5, 5.41) is 8.96. The summed E-state index contributed by atoms with van der Waals surface area (Å²) in [5.74, 6) is 0.842. The van der Waals surface area contributed by atoms with Crippen molar-refractivity contribution in [3.05, 3.63) is 28.5 Å². The highest BCUT2D eigenvalue weighted by Crippen LogP contribution is 2.24. The molecule has 0 radical (unpaired) electrons. The van der Waals surface area contributed by atoms with Gasteiger partial charge in [0.05, 0.1) is 17.1 Å². The highest BCUT2D eigenvalue weighted by atomic mass is 79.9. The number of rotatable bonds is 4. The third-order valence-corrected chi connectivity index (χ3v) is 3.32. The Morgan fingerprint density at radius 1 is 1.53 bits per heavy atom. The van der Waals surface area contributed by atoms with Gasteiger partial charge in [-0.05, 0) is 31.5 Å². The molecule has 0 amide bonds. The van der Waals surface area contributed by atoms with Crippen LogP contribution in [-0.2, 0) is 6.54 Å². The molecular formula is C12H16BrN3O. The Hall–Kier alpha value is -0.910. The third kappa shape index (κ3) is 2.36. The lowest BCUT2D eigenvalue weighted by Crippen LogP contribution is -2.17. The van der Waals surface area contributed by atoms with Crippen molar-refractivity contribution in [3.8, 4) is 0 Å². The normalized spacial score (nSPS) is 13.2. The summed E-state index contributed by atoms with van der Waals surface area (Å²) in [6.45, 7) is 2.97. The molecule has 3 N–H and O–H groups in total. The van der Waals surface area contributed by atoms with Gasteiger partial charge in [0.25, 0.3) is 0 Å². The molecule has 0 fully saturated rings. The van der Waals surface area contributed by atoms with Crippen LogP contribution in [0.5, 0.6) is 0 Å². The first-order valence-corrected chi connectivity index (χ1v) is 6.48. The van der Waals surface area contributed by atoms with Gasteiger partial charge >= 0.3 is 0 Å². The molecule has 1 unspecified atom stereocenters. The van der Waals surface area contributed by atoms with E-state index in [9.17, 15) is 0 Å². The summed E-state index contributed by atoms with van der Waals surface area (Å²) in [7, 11) is 0. The van der Waals surface area contributed by atoms with Gasteiger partial charge in [0.2, 0.25) is 0 Å². The van der Waals surface area contributed by atoms with E-state index in [4.69, 9.17) is 10.8 Å². The first-order chi connectivity index (χ1) is 8.17. The summed E-state index contributed by atoms with van der Waals surface area (Å²) in [6.07, 6.45) is 0.532. The van der Waals surface area contributed by atoms with E-state index >= 15 is 0 Å².